The highest BCUT2D eigenvalue weighted by Gasteiger charge is 2.56. The molecular formula is C13H35NO3SSi3. The van der Waals surface area contributed by atoms with Crippen molar-refractivity contribution in [2.24, 2.45) is 5.73 Å². The van der Waals surface area contributed by atoms with Crippen molar-refractivity contribution in [3.8, 4) is 0 Å². The van der Waals surface area contributed by atoms with E-state index in [4.69, 9.17) is 13.3 Å². The normalized spacial score (nSPS) is 28.1. The van der Waals surface area contributed by atoms with Gasteiger partial charge in [-0.25, -0.2) is 0 Å². The second-order valence-electron chi connectivity index (χ2n) is 7.14. The molecule has 0 aromatic heterocycles. The lowest BCUT2D eigenvalue weighted by Crippen LogP contribution is -2.68. The van der Waals surface area contributed by atoms with E-state index in [1.54, 1.807) is 0 Å². The zero-order valence-corrected chi connectivity index (χ0v) is 18.9. The van der Waals surface area contributed by atoms with Crippen LogP contribution in [0.3, 0.4) is 0 Å². The Hall–Kier alpha value is 0.841. The summed E-state index contributed by atoms with van der Waals surface area (Å²) >= 11 is 1.96. The average molecular weight is 370 g/mol. The van der Waals surface area contributed by atoms with Crippen LogP contribution in [0.15, 0.2) is 0 Å². The van der Waals surface area contributed by atoms with Gasteiger partial charge < -0.3 is 19.0 Å². The highest BCUT2D eigenvalue weighted by Crippen LogP contribution is 2.30. The van der Waals surface area contributed by atoms with Crippen LogP contribution < -0.4 is 5.73 Å². The molecule has 2 atom stereocenters. The summed E-state index contributed by atoms with van der Waals surface area (Å²) in [6.07, 6.45) is 0. The van der Waals surface area contributed by atoms with E-state index in [0.29, 0.717) is 12.3 Å². The maximum Gasteiger partial charge on any atom is 0.469 e. The number of nitrogens with two attached hydrogens (primary N) is 1. The number of thioether (sulfide) groups is 1. The van der Waals surface area contributed by atoms with E-state index >= 15 is 0 Å². The fraction of sp³-hybridized carbons (Fsp3) is 1.00. The van der Waals surface area contributed by atoms with Crippen LogP contribution in [0.5, 0.6) is 0 Å². The van der Waals surface area contributed by atoms with E-state index in [1.165, 1.54) is 7.05 Å². The molecule has 1 saturated heterocycles. The molecule has 0 aromatic rings. The van der Waals surface area contributed by atoms with Crippen molar-refractivity contribution in [1.29, 1.82) is 0 Å². The van der Waals surface area contributed by atoms with Gasteiger partial charge in [-0.1, -0.05) is 39.3 Å². The molecule has 1 fully saturated rings. The molecular weight excluding hydrogens is 334 g/mol. The first-order chi connectivity index (χ1) is 9.62. The van der Waals surface area contributed by atoms with Gasteiger partial charge in [0.2, 0.25) is 0 Å². The Kier molecular flexibility index (Phi) is 9.58. The Morgan fingerprint density at radius 3 is 2.19 bits per heavy atom. The predicted octanol–water partition coefficient (Wildman–Crippen LogP) is 2.98. The summed E-state index contributed by atoms with van der Waals surface area (Å²) in [7, 11) is -3.95. The van der Waals surface area contributed by atoms with Crippen LogP contribution in [0, 0.1) is 0 Å². The highest BCUT2D eigenvalue weighted by atomic mass is 32.2. The summed E-state index contributed by atoms with van der Waals surface area (Å²) in [6.45, 7) is 17.7. The van der Waals surface area contributed by atoms with E-state index in [1.807, 2.05) is 11.8 Å². The molecule has 0 saturated carbocycles. The summed E-state index contributed by atoms with van der Waals surface area (Å²) in [5.74, 6) is 2.17. The molecule has 1 rings (SSSR count). The van der Waals surface area contributed by atoms with Crippen molar-refractivity contribution in [3.63, 3.8) is 0 Å². The molecule has 1 heterocycles. The predicted molar refractivity (Wildman–Crippen MR) is 102 cm³/mol. The fourth-order valence-corrected chi connectivity index (χ4v) is 15.0. The van der Waals surface area contributed by atoms with Crippen LogP contribution in [0.4, 0.5) is 0 Å². The van der Waals surface area contributed by atoms with Gasteiger partial charge in [0.1, 0.15) is 7.59 Å². The topological polar surface area (TPSA) is 53.7 Å². The third-order valence-electron chi connectivity index (χ3n) is 3.31. The third-order valence-corrected chi connectivity index (χ3v) is 17.5. The van der Waals surface area contributed by atoms with Crippen molar-refractivity contribution in [2.75, 3.05) is 31.8 Å². The minimum atomic E-state index is -2.48. The number of rotatable bonds is 4. The van der Waals surface area contributed by atoms with Crippen LogP contribution in [0.1, 0.15) is 6.92 Å². The Balaban J connectivity index is 0.00000191. The van der Waals surface area contributed by atoms with Gasteiger partial charge in [-0.15, -0.1) is 0 Å². The minimum absolute atomic E-state index is 0.350. The van der Waals surface area contributed by atoms with Crippen LogP contribution >= 0.6 is 11.8 Å². The first kappa shape index (κ1) is 21.8. The van der Waals surface area contributed by atoms with Crippen LogP contribution in [0.2, 0.25) is 39.3 Å². The maximum atomic E-state index is 6.65. The van der Waals surface area contributed by atoms with Gasteiger partial charge >= 0.3 is 8.32 Å². The maximum absolute atomic E-state index is 6.65. The SMILES string of the molecule is CCO[Si]1([Si](C)(C)C)OCCSCC([Si](C)(C)C)O1.CN. The van der Waals surface area contributed by atoms with Crippen LogP contribution in [0.25, 0.3) is 0 Å². The number of hydrogen-bond acceptors (Lipinski definition) is 5. The average Bonchev–Trinajstić information content (AvgIpc) is 2.32. The largest absolute Gasteiger partial charge is 0.469 e. The Morgan fingerprint density at radius 1 is 1.19 bits per heavy atom. The van der Waals surface area contributed by atoms with Gasteiger partial charge in [0.25, 0.3) is 0 Å². The van der Waals surface area contributed by atoms with Crippen molar-refractivity contribution in [3.05, 3.63) is 0 Å². The van der Waals surface area contributed by atoms with Gasteiger partial charge in [-0.05, 0) is 14.0 Å². The molecule has 1 aliphatic rings. The van der Waals surface area contributed by atoms with Crippen LogP contribution in [-0.2, 0) is 13.3 Å². The van der Waals surface area contributed by atoms with Gasteiger partial charge in [-0.2, -0.15) is 11.8 Å². The van der Waals surface area contributed by atoms with Gasteiger partial charge in [0.05, 0.1) is 8.07 Å². The number of hydrogen-bond donors (Lipinski definition) is 1. The zero-order valence-electron chi connectivity index (χ0n) is 15.1. The fourth-order valence-electron chi connectivity index (χ4n) is 1.98. The first-order valence-corrected chi connectivity index (χ1v) is 18.7. The van der Waals surface area contributed by atoms with Crippen molar-refractivity contribution in [2.45, 2.75) is 51.9 Å². The molecule has 21 heavy (non-hydrogen) atoms. The molecule has 2 unspecified atom stereocenters. The van der Waals surface area contributed by atoms with E-state index in [-0.39, 0.29) is 0 Å². The summed E-state index contributed by atoms with van der Waals surface area (Å²) in [6, 6.07) is 0. The van der Waals surface area contributed by atoms with E-state index in [0.717, 1.165) is 18.1 Å². The molecule has 1 aliphatic heterocycles. The molecule has 2 N–H and O–H groups in total. The lowest BCUT2D eigenvalue weighted by Gasteiger charge is -2.44. The lowest BCUT2D eigenvalue weighted by molar-refractivity contribution is 0.0762. The van der Waals surface area contributed by atoms with E-state index < -0.39 is 24.0 Å². The van der Waals surface area contributed by atoms with Gasteiger partial charge in [0, 0.05) is 30.4 Å². The smallest absolute Gasteiger partial charge is 0.377 e. The molecule has 8 heteroatoms. The Labute approximate surface area is 138 Å². The van der Waals surface area contributed by atoms with Crippen molar-refractivity contribution in [1.82, 2.24) is 0 Å². The van der Waals surface area contributed by atoms with Crippen LogP contribution in [-0.4, -0.2) is 61.5 Å². The highest BCUT2D eigenvalue weighted by molar-refractivity contribution is 7.99. The minimum Gasteiger partial charge on any atom is -0.377 e. The van der Waals surface area contributed by atoms with Gasteiger partial charge in [0.15, 0.2) is 0 Å². The summed E-state index contributed by atoms with van der Waals surface area (Å²) < 4.78 is 19.1. The molecule has 0 bridgehead atoms. The first-order valence-electron chi connectivity index (χ1n) is 7.73. The summed E-state index contributed by atoms with van der Waals surface area (Å²) in [5, 5.41) is 0. The molecule has 128 valence electrons. The second-order valence-corrected chi connectivity index (χ2v) is 26.4. The monoisotopic (exact) mass is 369 g/mol. The third kappa shape index (κ3) is 6.46. The molecule has 4 nitrogen and oxygen atoms in total. The molecule has 0 radical (unpaired) electrons. The zero-order chi connectivity index (χ0) is 16.7. The second kappa shape index (κ2) is 9.21. The molecule has 0 amide bonds. The summed E-state index contributed by atoms with van der Waals surface area (Å²) in [5.41, 5.74) is 4.85. The van der Waals surface area contributed by atoms with E-state index in [9.17, 15) is 0 Å². The van der Waals surface area contributed by atoms with Crippen molar-refractivity contribution < 1.29 is 13.3 Å². The lowest BCUT2D eigenvalue weighted by atomic mass is 10.8. The Bertz CT molecular complexity index is 297. The molecule has 0 aliphatic carbocycles. The summed E-state index contributed by atoms with van der Waals surface area (Å²) in [4.78, 5) is 0. The van der Waals surface area contributed by atoms with Crippen molar-refractivity contribution >= 4 is 35.7 Å². The standard InChI is InChI=1S/C12H30O3SSi3.CH5N/c1-8-13-19(18(5,6)7)14-9-10-16-11-12(15-19)17(2,3)4;1-2/h12H,8-11H2,1-7H3;2H2,1H3. The Morgan fingerprint density at radius 2 is 1.76 bits per heavy atom. The van der Waals surface area contributed by atoms with Gasteiger partial charge in [-0.3, -0.25) is 0 Å². The molecule has 0 aromatic carbocycles. The molecule has 0 spiro atoms. The van der Waals surface area contributed by atoms with E-state index in [2.05, 4.69) is 51.9 Å². The quantitative estimate of drug-likeness (QED) is 0.772.